The summed E-state index contributed by atoms with van der Waals surface area (Å²) in [5, 5.41) is 0. The average Bonchev–Trinajstić information content (AvgIpc) is 3.34. The van der Waals surface area contributed by atoms with E-state index in [1.165, 1.54) is 103 Å². The Labute approximate surface area is 419 Å². The summed E-state index contributed by atoms with van der Waals surface area (Å²) in [5.74, 6) is -0.927. The van der Waals surface area contributed by atoms with Crippen LogP contribution < -0.4 is 0 Å². The molecule has 0 aliphatic carbocycles. The average molecular weight is 946 g/mol. The summed E-state index contributed by atoms with van der Waals surface area (Å²) >= 11 is 0. The number of allylic oxidation sites excluding steroid dienone is 16. The van der Waals surface area contributed by atoms with Crippen molar-refractivity contribution in [2.45, 2.75) is 264 Å². The monoisotopic (exact) mass is 945 g/mol. The van der Waals surface area contributed by atoms with E-state index in [-0.39, 0.29) is 31.1 Å². The fourth-order valence-corrected chi connectivity index (χ4v) is 7.66. The predicted molar refractivity (Wildman–Crippen MR) is 293 cm³/mol. The van der Waals surface area contributed by atoms with Gasteiger partial charge in [-0.25, -0.2) is 0 Å². The van der Waals surface area contributed by atoms with Gasteiger partial charge in [-0.2, -0.15) is 0 Å². The van der Waals surface area contributed by atoms with Gasteiger partial charge in [-0.05, 0) is 96.3 Å². The van der Waals surface area contributed by atoms with E-state index >= 15 is 0 Å². The van der Waals surface area contributed by atoms with E-state index in [1.54, 1.807) is 0 Å². The second kappa shape index (κ2) is 55.9. The molecule has 0 amide bonds. The third-order valence-electron chi connectivity index (χ3n) is 11.8. The van der Waals surface area contributed by atoms with Crippen LogP contribution in [0.15, 0.2) is 97.2 Å². The van der Waals surface area contributed by atoms with Crippen molar-refractivity contribution in [2.75, 3.05) is 13.2 Å². The summed E-state index contributed by atoms with van der Waals surface area (Å²) in [6.07, 6.45) is 74.5. The Morgan fingerprint density at radius 3 is 0.912 bits per heavy atom. The zero-order valence-electron chi connectivity index (χ0n) is 44.3. The molecular formula is C62H104O6. The van der Waals surface area contributed by atoms with Crippen molar-refractivity contribution in [3.05, 3.63) is 97.2 Å². The van der Waals surface area contributed by atoms with E-state index in [9.17, 15) is 14.4 Å². The summed E-state index contributed by atoms with van der Waals surface area (Å²) in [7, 11) is 0. The van der Waals surface area contributed by atoms with Crippen LogP contribution in [0.25, 0.3) is 0 Å². The highest BCUT2D eigenvalue weighted by Gasteiger charge is 2.19. The van der Waals surface area contributed by atoms with E-state index in [0.717, 1.165) is 116 Å². The van der Waals surface area contributed by atoms with Gasteiger partial charge in [0.2, 0.25) is 0 Å². The first-order valence-corrected chi connectivity index (χ1v) is 28.2. The van der Waals surface area contributed by atoms with Gasteiger partial charge in [-0.1, -0.05) is 240 Å². The lowest BCUT2D eigenvalue weighted by molar-refractivity contribution is -0.167. The van der Waals surface area contributed by atoms with Crippen molar-refractivity contribution in [3.8, 4) is 0 Å². The highest BCUT2D eigenvalue weighted by atomic mass is 16.6. The van der Waals surface area contributed by atoms with Gasteiger partial charge in [-0.15, -0.1) is 0 Å². The largest absolute Gasteiger partial charge is 0.462 e. The first kappa shape index (κ1) is 64.3. The maximum Gasteiger partial charge on any atom is 0.306 e. The van der Waals surface area contributed by atoms with Crippen molar-refractivity contribution in [1.29, 1.82) is 0 Å². The minimum atomic E-state index is -0.787. The molecule has 0 aromatic rings. The molecule has 1 atom stereocenters. The van der Waals surface area contributed by atoms with E-state index in [2.05, 4.69) is 118 Å². The summed E-state index contributed by atoms with van der Waals surface area (Å²) in [5.41, 5.74) is 0. The molecule has 0 heterocycles. The van der Waals surface area contributed by atoms with Crippen LogP contribution in [0.1, 0.15) is 258 Å². The number of hydrogen-bond acceptors (Lipinski definition) is 6. The smallest absolute Gasteiger partial charge is 0.306 e. The normalized spacial score (nSPS) is 12.8. The molecule has 0 N–H and O–H groups in total. The zero-order valence-corrected chi connectivity index (χ0v) is 44.3. The van der Waals surface area contributed by atoms with Crippen LogP contribution in [0, 0.1) is 0 Å². The van der Waals surface area contributed by atoms with Crippen LogP contribution in [-0.2, 0) is 28.6 Å². The maximum atomic E-state index is 12.7. The highest BCUT2D eigenvalue weighted by Crippen LogP contribution is 2.15. The van der Waals surface area contributed by atoms with Crippen LogP contribution in [0.5, 0.6) is 0 Å². The topological polar surface area (TPSA) is 78.9 Å². The lowest BCUT2D eigenvalue weighted by atomic mass is 10.0. The predicted octanol–water partition coefficient (Wildman–Crippen LogP) is 18.9. The van der Waals surface area contributed by atoms with Gasteiger partial charge < -0.3 is 14.2 Å². The first-order chi connectivity index (χ1) is 33.5. The van der Waals surface area contributed by atoms with Gasteiger partial charge in [0.15, 0.2) is 6.10 Å². The van der Waals surface area contributed by atoms with Gasteiger partial charge in [0, 0.05) is 19.3 Å². The van der Waals surface area contributed by atoms with Crippen molar-refractivity contribution >= 4 is 17.9 Å². The Morgan fingerprint density at radius 1 is 0.309 bits per heavy atom. The molecule has 0 aliphatic heterocycles. The molecule has 388 valence electrons. The molecule has 1 unspecified atom stereocenters. The molecule has 0 aromatic carbocycles. The molecule has 0 radical (unpaired) electrons. The van der Waals surface area contributed by atoms with Crippen LogP contribution in [0.3, 0.4) is 0 Å². The minimum absolute atomic E-state index is 0.0879. The molecule has 0 saturated carbocycles. The Hall–Kier alpha value is -3.67. The van der Waals surface area contributed by atoms with Crippen LogP contribution in [-0.4, -0.2) is 37.2 Å². The van der Waals surface area contributed by atoms with E-state index in [0.29, 0.717) is 19.3 Å². The number of hydrogen-bond donors (Lipinski definition) is 0. The number of rotatable bonds is 50. The van der Waals surface area contributed by atoms with Gasteiger partial charge >= 0.3 is 17.9 Å². The van der Waals surface area contributed by atoms with Crippen molar-refractivity contribution in [3.63, 3.8) is 0 Å². The zero-order chi connectivity index (χ0) is 49.3. The molecule has 0 aliphatic rings. The Balaban J connectivity index is 4.03. The number of ether oxygens (including phenoxy) is 3. The molecule has 6 nitrogen and oxygen atoms in total. The molecule has 0 aromatic heterocycles. The first-order valence-electron chi connectivity index (χ1n) is 28.2. The van der Waals surface area contributed by atoms with E-state index in [4.69, 9.17) is 14.2 Å². The summed E-state index contributed by atoms with van der Waals surface area (Å²) < 4.78 is 16.7. The Bertz CT molecular complexity index is 1360. The highest BCUT2D eigenvalue weighted by molar-refractivity contribution is 5.71. The number of unbranched alkanes of at least 4 members (excludes halogenated alkanes) is 23. The summed E-state index contributed by atoms with van der Waals surface area (Å²) in [4.78, 5) is 37.8. The van der Waals surface area contributed by atoms with E-state index < -0.39 is 6.10 Å². The van der Waals surface area contributed by atoms with Crippen molar-refractivity contribution < 1.29 is 28.6 Å². The second-order valence-electron chi connectivity index (χ2n) is 18.4. The molecule has 0 saturated heterocycles. The Kier molecular flexibility index (Phi) is 52.9. The van der Waals surface area contributed by atoms with Gasteiger partial charge in [0.05, 0.1) is 0 Å². The fourth-order valence-electron chi connectivity index (χ4n) is 7.66. The third kappa shape index (κ3) is 53.3. The standard InChI is InChI=1S/C62H104O6/c1-4-7-10-13-16-18-20-22-23-24-25-26-27-28-29-30-31-32-33-34-35-36-37-38-39-41-42-44-46-49-52-55-61(64)67-58-59(57-66-60(63)54-51-48-15-12-9-6-3)68-62(65)56-53-50-47-45-43-40-21-19-17-14-11-8-5-2/h7-8,10-11,16-19,22-23,25-26,28-29,40,43,59H,4-6,9,12-15,20-21,24,27,30-39,41-42,44-58H2,1-3H3/b10-7-,11-8-,18-16-,19-17-,23-22-,26-25-,29-28-,43-40-. The number of esters is 3. The lowest BCUT2D eigenvalue weighted by Gasteiger charge is -2.18. The third-order valence-corrected chi connectivity index (χ3v) is 11.8. The van der Waals surface area contributed by atoms with Gasteiger partial charge in [0.1, 0.15) is 13.2 Å². The number of carbonyl (C=O) groups excluding carboxylic acids is 3. The van der Waals surface area contributed by atoms with Gasteiger partial charge in [-0.3, -0.25) is 14.4 Å². The molecule has 0 spiro atoms. The lowest BCUT2D eigenvalue weighted by Crippen LogP contribution is -2.30. The maximum absolute atomic E-state index is 12.7. The molecule has 0 bridgehead atoms. The van der Waals surface area contributed by atoms with Gasteiger partial charge in [0.25, 0.3) is 0 Å². The van der Waals surface area contributed by atoms with Crippen molar-refractivity contribution in [1.82, 2.24) is 0 Å². The molecule has 6 heteroatoms. The van der Waals surface area contributed by atoms with Crippen LogP contribution >= 0.6 is 0 Å². The molecule has 0 rings (SSSR count). The molecular weight excluding hydrogens is 841 g/mol. The second-order valence-corrected chi connectivity index (χ2v) is 18.4. The molecule has 0 fully saturated rings. The quantitative estimate of drug-likeness (QED) is 0.0262. The van der Waals surface area contributed by atoms with Crippen LogP contribution in [0.4, 0.5) is 0 Å². The molecule has 68 heavy (non-hydrogen) atoms. The SMILES string of the molecule is CC/C=C\C/C=C\C/C=C\C/C=C\C/C=C\CCCCCCCCCCCCCCCCCC(=O)OCC(COC(=O)CCCCCCCC)OC(=O)CCCCC/C=C\C/C=C\C/C=C\CC. The summed E-state index contributed by atoms with van der Waals surface area (Å²) in [6, 6.07) is 0. The number of carbonyl (C=O) groups is 3. The van der Waals surface area contributed by atoms with E-state index in [1.807, 2.05) is 0 Å². The fraction of sp³-hybridized carbons (Fsp3) is 0.694. The van der Waals surface area contributed by atoms with Crippen molar-refractivity contribution in [2.24, 2.45) is 0 Å². The Morgan fingerprint density at radius 2 is 0.574 bits per heavy atom. The van der Waals surface area contributed by atoms with Crippen LogP contribution in [0.2, 0.25) is 0 Å². The minimum Gasteiger partial charge on any atom is -0.462 e. The summed E-state index contributed by atoms with van der Waals surface area (Å²) in [6.45, 7) is 6.32.